The average Bonchev–Trinajstić information content (AvgIpc) is 2.96. The molecule has 0 saturated heterocycles. The van der Waals surface area contributed by atoms with Gasteiger partial charge in [-0.15, -0.1) is 0 Å². The molecule has 0 bridgehead atoms. The number of hydrogen-bond acceptors (Lipinski definition) is 4. The first-order valence-corrected chi connectivity index (χ1v) is 7.75. The molecule has 0 saturated carbocycles. The summed E-state index contributed by atoms with van der Waals surface area (Å²) in [6, 6.07) is 15.2. The lowest BCUT2D eigenvalue weighted by molar-refractivity contribution is 0.0714. The van der Waals surface area contributed by atoms with Crippen molar-refractivity contribution in [3.05, 3.63) is 65.7 Å². The summed E-state index contributed by atoms with van der Waals surface area (Å²) in [5.41, 5.74) is 2.28. The highest BCUT2D eigenvalue weighted by atomic mass is 16.3. The maximum absolute atomic E-state index is 12.9. The summed E-state index contributed by atoms with van der Waals surface area (Å²) in [6.45, 7) is 2.56. The summed E-state index contributed by atoms with van der Waals surface area (Å²) in [5.74, 6) is 0.106. The van der Waals surface area contributed by atoms with Gasteiger partial charge in [-0.3, -0.25) is 9.78 Å². The molecule has 24 heavy (non-hydrogen) atoms. The molecule has 0 radical (unpaired) electrons. The summed E-state index contributed by atoms with van der Waals surface area (Å²) in [5, 5.41) is 9.81. The average molecular weight is 319 g/mol. The molecule has 0 spiro atoms. The van der Waals surface area contributed by atoms with Gasteiger partial charge in [-0.25, -0.2) is 0 Å². The molecule has 0 atom stereocenters. The molecular weight excluding hydrogens is 302 g/mol. The number of nitriles is 1. The van der Waals surface area contributed by atoms with E-state index in [2.05, 4.69) is 11.1 Å². The summed E-state index contributed by atoms with van der Waals surface area (Å²) < 4.78 is 5.76. The van der Waals surface area contributed by atoms with Gasteiger partial charge in [0.1, 0.15) is 5.58 Å². The van der Waals surface area contributed by atoms with Crippen molar-refractivity contribution in [3.8, 4) is 6.07 Å². The first-order valence-electron chi connectivity index (χ1n) is 7.75. The van der Waals surface area contributed by atoms with E-state index >= 15 is 0 Å². The van der Waals surface area contributed by atoms with E-state index in [0.717, 1.165) is 16.6 Å². The van der Waals surface area contributed by atoms with Gasteiger partial charge in [0.2, 0.25) is 0 Å². The molecule has 5 heteroatoms. The van der Waals surface area contributed by atoms with E-state index in [1.807, 2.05) is 49.4 Å². The van der Waals surface area contributed by atoms with Crippen molar-refractivity contribution in [3.63, 3.8) is 0 Å². The van der Waals surface area contributed by atoms with Crippen molar-refractivity contribution in [2.45, 2.75) is 19.9 Å². The maximum atomic E-state index is 12.9. The molecule has 0 unspecified atom stereocenters. The van der Waals surface area contributed by atoms with Crippen molar-refractivity contribution in [1.29, 1.82) is 5.26 Å². The zero-order valence-electron chi connectivity index (χ0n) is 13.4. The molecule has 0 aliphatic carbocycles. The van der Waals surface area contributed by atoms with Crippen molar-refractivity contribution < 1.29 is 9.21 Å². The van der Waals surface area contributed by atoms with Crippen LogP contribution in [0.4, 0.5) is 0 Å². The van der Waals surface area contributed by atoms with Gasteiger partial charge >= 0.3 is 0 Å². The van der Waals surface area contributed by atoms with Gasteiger partial charge < -0.3 is 9.32 Å². The van der Waals surface area contributed by atoms with Crippen LogP contribution in [0.2, 0.25) is 0 Å². The number of aromatic nitrogens is 1. The highest BCUT2D eigenvalue weighted by molar-refractivity contribution is 5.98. The molecule has 0 N–H and O–H groups in total. The Hall–Kier alpha value is -3.13. The maximum Gasteiger partial charge on any atom is 0.290 e. The van der Waals surface area contributed by atoms with Crippen molar-refractivity contribution in [2.24, 2.45) is 0 Å². The molecular formula is C19H17N3O2. The minimum Gasteiger partial charge on any atom is -0.451 e. The molecule has 0 aliphatic rings. The van der Waals surface area contributed by atoms with E-state index in [1.54, 1.807) is 11.1 Å². The standard InChI is InChI=1S/C19H17N3O2/c1-14-16-8-2-3-9-17(16)24-18(14)19(23)22(12-6-10-20)13-15-7-4-5-11-21-15/h2-5,7-9,11H,6,12-13H2,1H3. The van der Waals surface area contributed by atoms with E-state index < -0.39 is 0 Å². The van der Waals surface area contributed by atoms with Gasteiger partial charge in [0.25, 0.3) is 5.91 Å². The molecule has 120 valence electrons. The van der Waals surface area contributed by atoms with Crippen LogP contribution in [0, 0.1) is 18.3 Å². The molecule has 5 nitrogen and oxygen atoms in total. The van der Waals surface area contributed by atoms with Crippen LogP contribution >= 0.6 is 0 Å². The number of pyridine rings is 1. The highest BCUT2D eigenvalue weighted by Crippen LogP contribution is 2.26. The number of para-hydroxylation sites is 1. The fourth-order valence-electron chi connectivity index (χ4n) is 2.65. The Balaban J connectivity index is 1.92. The second-order valence-electron chi connectivity index (χ2n) is 5.51. The van der Waals surface area contributed by atoms with E-state index in [1.165, 1.54) is 0 Å². The molecule has 0 aliphatic heterocycles. The topological polar surface area (TPSA) is 70.1 Å². The smallest absolute Gasteiger partial charge is 0.290 e. The van der Waals surface area contributed by atoms with Crippen LogP contribution in [0.15, 0.2) is 53.1 Å². The van der Waals surface area contributed by atoms with Gasteiger partial charge in [0, 0.05) is 23.7 Å². The second-order valence-corrected chi connectivity index (χ2v) is 5.51. The Morgan fingerprint density at radius 1 is 1.25 bits per heavy atom. The summed E-state index contributed by atoms with van der Waals surface area (Å²) in [7, 11) is 0. The number of hydrogen-bond donors (Lipinski definition) is 0. The zero-order chi connectivity index (χ0) is 16.9. The fraction of sp³-hybridized carbons (Fsp3) is 0.211. The van der Waals surface area contributed by atoms with Crippen LogP contribution in [0.25, 0.3) is 11.0 Å². The predicted molar refractivity (Wildman–Crippen MR) is 90.2 cm³/mol. The Bertz CT molecular complexity index is 894. The SMILES string of the molecule is Cc1c(C(=O)N(CCC#N)Cc2ccccn2)oc2ccccc12. The van der Waals surface area contributed by atoms with Crippen molar-refractivity contribution in [2.75, 3.05) is 6.54 Å². The third-order valence-corrected chi connectivity index (χ3v) is 3.90. The van der Waals surface area contributed by atoms with Crippen molar-refractivity contribution >= 4 is 16.9 Å². The summed E-state index contributed by atoms with van der Waals surface area (Å²) >= 11 is 0. The molecule has 1 amide bonds. The first kappa shape index (κ1) is 15.8. The minimum absolute atomic E-state index is 0.218. The fourth-order valence-corrected chi connectivity index (χ4v) is 2.65. The highest BCUT2D eigenvalue weighted by Gasteiger charge is 2.23. The Labute approximate surface area is 140 Å². The predicted octanol–water partition coefficient (Wildman–Crippen LogP) is 3.69. The Morgan fingerprint density at radius 2 is 2.04 bits per heavy atom. The van der Waals surface area contributed by atoms with Crippen LogP contribution in [0.5, 0.6) is 0 Å². The van der Waals surface area contributed by atoms with Gasteiger partial charge in [0.15, 0.2) is 5.76 Å². The molecule has 3 aromatic rings. The summed E-state index contributed by atoms with van der Waals surface area (Å²) in [6.07, 6.45) is 1.95. The van der Waals surface area contributed by atoms with Gasteiger partial charge in [-0.2, -0.15) is 5.26 Å². The monoisotopic (exact) mass is 319 g/mol. The zero-order valence-corrected chi connectivity index (χ0v) is 13.4. The third kappa shape index (κ3) is 3.13. The molecule has 0 fully saturated rings. The number of carbonyl (C=O) groups excluding carboxylic acids is 1. The number of rotatable bonds is 5. The molecule has 3 rings (SSSR count). The van der Waals surface area contributed by atoms with Crippen molar-refractivity contribution in [1.82, 2.24) is 9.88 Å². The van der Waals surface area contributed by atoms with Crippen LogP contribution in [-0.4, -0.2) is 22.3 Å². The number of fused-ring (bicyclic) bond motifs is 1. The number of aryl methyl sites for hydroxylation is 1. The summed E-state index contributed by atoms with van der Waals surface area (Å²) in [4.78, 5) is 18.8. The van der Waals surface area contributed by atoms with E-state index in [4.69, 9.17) is 9.68 Å². The molecule has 2 aromatic heterocycles. The molecule has 2 heterocycles. The van der Waals surface area contributed by atoms with Gasteiger partial charge in [-0.1, -0.05) is 24.3 Å². The van der Waals surface area contributed by atoms with E-state index in [-0.39, 0.29) is 12.3 Å². The second kappa shape index (κ2) is 6.97. The first-order chi connectivity index (χ1) is 11.7. The number of benzene rings is 1. The van der Waals surface area contributed by atoms with Crippen LogP contribution < -0.4 is 0 Å². The van der Waals surface area contributed by atoms with Crippen LogP contribution in [0.1, 0.15) is 28.2 Å². The van der Waals surface area contributed by atoms with Gasteiger partial charge in [-0.05, 0) is 25.1 Å². The normalized spacial score (nSPS) is 10.5. The minimum atomic E-state index is -0.218. The number of furan rings is 1. The lowest BCUT2D eigenvalue weighted by atomic mass is 10.1. The van der Waals surface area contributed by atoms with E-state index in [0.29, 0.717) is 24.4 Å². The molecule has 1 aromatic carbocycles. The van der Waals surface area contributed by atoms with Crippen LogP contribution in [-0.2, 0) is 6.54 Å². The largest absolute Gasteiger partial charge is 0.451 e. The quantitative estimate of drug-likeness (QED) is 0.719. The lowest BCUT2D eigenvalue weighted by Crippen LogP contribution is -2.32. The van der Waals surface area contributed by atoms with E-state index in [9.17, 15) is 4.79 Å². The van der Waals surface area contributed by atoms with Gasteiger partial charge in [0.05, 0.1) is 24.7 Å². The number of carbonyl (C=O) groups is 1. The lowest BCUT2D eigenvalue weighted by Gasteiger charge is -2.20. The number of amides is 1. The number of nitrogens with zero attached hydrogens (tertiary/aromatic N) is 3. The Morgan fingerprint density at radius 3 is 2.75 bits per heavy atom. The van der Waals surface area contributed by atoms with Crippen LogP contribution in [0.3, 0.4) is 0 Å². The Kier molecular flexibility index (Phi) is 4.57. The third-order valence-electron chi connectivity index (χ3n) is 3.90.